The number of piperidine rings is 1. The molecular weight excluding hydrogens is 482 g/mol. The van der Waals surface area contributed by atoms with E-state index in [0.717, 1.165) is 17.1 Å². The van der Waals surface area contributed by atoms with Crippen molar-refractivity contribution in [2.75, 3.05) is 43.9 Å². The SMILES string of the molecule is COC1(C)CCN(c2c(Cl)cccc2NS(=O)(=O)c2ccc(S(=O)(=O)N(C)C)s2)CC1. The van der Waals surface area contributed by atoms with E-state index in [0.29, 0.717) is 40.8 Å². The van der Waals surface area contributed by atoms with Crippen LogP contribution >= 0.6 is 22.9 Å². The smallest absolute Gasteiger partial charge is 0.271 e. The third-order valence-corrected chi connectivity index (χ3v) is 10.9. The summed E-state index contributed by atoms with van der Waals surface area (Å²) < 4.78 is 59.7. The fourth-order valence-corrected chi connectivity index (χ4v) is 7.58. The Bertz CT molecular complexity index is 1150. The molecule has 2 aromatic rings. The zero-order valence-electron chi connectivity index (χ0n) is 17.8. The summed E-state index contributed by atoms with van der Waals surface area (Å²) in [7, 11) is -3.24. The molecule has 1 aliphatic heterocycles. The molecule has 1 fully saturated rings. The molecule has 1 aliphatic rings. The Morgan fingerprint density at radius 1 is 1.10 bits per heavy atom. The van der Waals surface area contributed by atoms with Crippen molar-refractivity contribution in [3.63, 3.8) is 0 Å². The number of para-hydroxylation sites is 1. The van der Waals surface area contributed by atoms with E-state index in [1.807, 2.05) is 4.90 Å². The molecule has 12 heteroatoms. The minimum atomic E-state index is -4.01. The van der Waals surface area contributed by atoms with Gasteiger partial charge in [0, 0.05) is 34.3 Å². The van der Waals surface area contributed by atoms with Gasteiger partial charge in [0.25, 0.3) is 20.0 Å². The van der Waals surface area contributed by atoms with Gasteiger partial charge in [-0.15, -0.1) is 11.3 Å². The van der Waals surface area contributed by atoms with Crippen LogP contribution in [0.4, 0.5) is 11.4 Å². The lowest BCUT2D eigenvalue weighted by molar-refractivity contribution is -0.0132. The number of sulfonamides is 2. The van der Waals surface area contributed by atoms with Crippen LogP contribution in [0.15, 0.2) is 38.8 Å². The maximum absolute atomic E-state index is 13.0. The number of benzene rings is 1. The largest absolute Gasteiger partial charge is 0.378 e. The fourth-order valence-electron chi connectivity index (χ4n) is 3.29. The highest BCUT2D eigenvalue weighted by molar-refractivity contribution is 7.96. The lowest BCUT2D eigenvalue weighted by Crippen LogP contribution is -2.44. The van der Waals surface area contributed by atoms with Gasteiger partial charge in [-0.1, -0.05) is 17.7 Å². The van der Waals surface area contributed by atoms with E-state index in [1.165, 1.54) is 26.2 Å². The van der Waals surface area contributed by atoms with Crippen LogP contribution in [0.2, 0.25) is 5.02 Å². The molecule has 2 heterocycles. The summed E-state index contributed by atoms with van der Waals surface area (Å²) in [6.45, 7) is 3.37. The second-order valence-electron chi connectivity index (χ2n) is 7.74. The van der Waals surface area contributed by atoms with E-state index in [4.69, 9.17) is 16.3 Å². The summed E-state index contributed by atoms with van der Waals surface area (Å²) in [5, 5.41) is 0.434. The minimum absolute atomic E-state index is 0.0425. The summed E-state index contributed by atoms with van der Waals surface area (Å²) in [4.78, 5) is 2.04. The van der Waals surface area contributed by atoms with Gasteiger partial charge in [-0.3, -0.25) is 4.72 Å². The van der Waals surface area contributed by atoms with Gasteiger partial charge >= 0.3 is 0 Å². The normalized spacial score (nSPS) is 17.2. The average molecular weight is 508 g/mol. The molecule has 1 N–H and O–H groups in total. The van der Waals surface area contributed by atoms with Gasteiger partial charge < -0.3 is 9.64 Å². The number of halogens is 1. The molecular formula is C19H26ClN3O5S3. The van der Waals surface area contributed by atoms with Crippen LogP contribution in [0.5, 0.6) is 0 Å². The van der Waals surface area contributed by atoms with Crippen molar-refractivity contribution in [1.29, 1.82) is 0 Å². The van der Waals surface area contributed by atoms with Crippen molar-refractivity contribution in [2.24, 2.45) is 0 Å². The highest BCUT2D eigenvalue weighted by atomic mass is 35.5. The summed E-state index contributed by atoms with van der Waals surface area (Å²) >= 11 is 7.15. The Kier molecular flexibility index (Phi) is 6.95. The molecule has 1 aromatic carbocycles. The number of thiophene rings is 1. The maximum Gasteiger partial charge on any atom is 0.271 e. The molecule has 1 saturated heterocycles. The minimum Gasteiger partial charge on any atom is -0.378 e. The summed E-state index contributed by atoms with van der Waals surface area (Å²) in [5.41, 5.74) is 0.727. The van der Waals surface area contributed by atoms with Gasteiger partial charge in [0.05, 0.1) is 22.0 Å². The summed E-state index contributed by atoms with van der Waals surface area (Å²) in [5.74, 6) is 0. The highest BCUT2D eigenvalue weighted by Crippen LogP contribution is 2.39. The first kappa shape index (κ1) is 24.3. The molecule has 0 radical (unpaired) electrons. The molecule has 0 spiro atoms. The van der Waals surface area contributed by atoms with Crippen LogP contribution < -0.4 is 9.62 Å². The summed E-state index contributed by atoms with van der Waals surface area (Å²) in [6.07, 6.45) is 1.55. The molecule has 0 amide bonds. The Hall–Kier alpha value is -1.37. The highest BCUT2D eigenvalue weighted by Gasteiger charge is 2.32. The third-order valence-electron chi connectivity index (χ3n) is 5.42. The van der Waals surface area contributed by atoms with Gasteiger partial charge in [0.2, 0.25) is 0 Å². The molecule has 3 rings (SSSR count). The Morgan fingerprint density at radius 3 is 2.29 bits per heavy atom. The van der Waals surface area contributed by atoms with Crippen LogP contribution in [0.25, 0.3) is 0 Å². The van der Waals surface area contributed by atoms with E-state index < -0.39 is 20.0 Å². The lowest BCUT2D eigenvalue weighted by atomic mass is 9.93. The standard InChI is InChI=1S/C19H26ClN3O5S3/c1-19(28-4)10-12-23(13-11-19)18-14(20)6-5-7-15(18)21-30(24,25)16-8-9-17(29-16)31(26,27)22(2)3/h5-9,21H,10-13H2,1-4H3. The Morgan fingerprint density at radius 2 is 1.71 bits per heavy atom. The number of hydrogen-bond donors (Lipinski definition) is 1. The second-order valence-corrected chi connectivity index (χ2v) is 13.5. The predicted molar refractivity (Wildman–Crippen MR) is 124 cm³/mol. The first-order chi connectivity index (χ1) is 14.4. The molecule has 1 aromatic heterocycles. The van der Waals surface area contributed by atoms with Crippen LogP contribution in [0.1, 0.15) is 19.8 Å². The van der Waals surface area contributed by atoms with Crippen molar-refractivity contribution in [1.82, 2.24) is 4.31 Å². The first-order valence-electron chi connectivity index (χ1n) is 9.53. The predicted octanol–water partition coefficient (Wildman–Crippen LogP) is 3.46. The van der Waals surface area contributed by atoms with Crippen molar-refractivity contribution in [3.05, 3.63) is 35.4 Å². The lowest BCUT2D eigenvalue weighted by Gasteiger charge is -2.40. The number of methoxy groups -OCH3 is 1. The molecule has 172 valence electrons. The molecule has 0 bridgehead atoms. The topological polar surface area (TPSA) is 96.0 Å². The van der Waals surface area contributed by atoms with Crippen molar-refractivity contribution in [2.45, 2.75) is 33.8 Å². The van der Waals surface area contributed by atoms with Gasteiger partial charge in [-0.2, -0.15) is 0 Å². The van der Waals surface area contributed by atoms with Gasteiger partial charge in [-0.05, 0) is 44.0 Å². The van der Waals surface area contributed by atoms with Crippen molar-refractivity contribution < 1.29 is 21.6 Å². The molecule has 0 aliphatic carbocycles. The van der Waals surface area contributed by atoms with E-state index in [-0.39, 0.29) is 14.0 Å². The molecule has 31 heavy (non-hydrogen) atoms. The molecule has 0 unspecified atom stereocenters. The summed E-state index contributed by atoms with van der Waals surface area (Å²) in [6, 6.07) is 7.62. The van der Waals surface area contributed by atoms with Crippen LogP contribution in [0.3, 0.4) is 0 Å². The van der Waals surface area contributed by atoms with Crippen LogP contribution in [-0.2, 0) is 24.8 Å². The Balaban J connectivity index is 1.90. The van der Waals surface area contributed by atoms with Crippen molar-refractivity contribution in [3.8, 4) is 0 Å². The van der Waals surface area contributed by atoms with Gasteiger partial charge in [-0.25, -0.2) is 21.1 Å². The second kappa shape index (κ2) is 8.87. The Labute approximate surface area is 192 Å². The van der Waals surface area contributed by atoms with Crippen molar-refractivity contribution >= 4 is 54.4 Å². The maximum atomic E-state index is 13.0. The quantitative estimate of drug-likeness (QED) is 0.616. The average Bonchev–Trinajstić information content (AvgIpc) is 3.21. The number of hydrogen-bond acceptors (Lipinski definition) is 7. The zero-order valence-corrected chi connectivity index (χ0v) is 21.0. The number of ether oxygens (including phenoxy) is 1. The third kappa shape index (κ3) is 5.01. The number of nitrogens with zero attached hydrogens (tertiary/aromatic N) is 2. The van der Waals surface area contributed by atoms with E-state index in [2.05, 4.69) is 11.6 Å². The molecule has 0 atom stereocenters. The van der Waals surface area contributed by atoms with E-state index in [9.17, 15) is 16.8 Å². The molecule has 8 nitrogen and oxygen atoms in total. The van der Waals surface area contributed by atoms with E-state index >= 15 is 0 Å². The first-order valence-corrected chi connectivity index (χ1v) is 13.7. The number of rotatable bonds is 7. The number of anilines is 2. The van der Waals surface area contributed by atoms with Gasteiger partial charge in [0.15, 0.2) is 0 Å². The van der Waals surface area contributed by atoms with E-state index in [1.54, 1.807) is 25.3 Å². The van der Waals surface area contributed by atoms with Crippen LogP contribution in [-0.4, -0.2) is 61.0 Å². The zero-order chi connectivity index (χ0) is 23.0. The number of nitrogens with one attached hydrogen (secondary N) is 1. The fraction of sp³-hybridized carbons (Fsp3) is 0.474. The van der Waals surface area contributed by atoms with Crippen LogP contribution in [0, 0.1) is 0 Å². The monoisotopic (exact) mass is 507 g/mol. The van der Waals surface area contributed by atoms with Gasteiger partial charge in [0.1, 0.15) is 8.42 Å². The molecule has 0 saturated carbocycles.